The molecule has 6 nitrogen and oxygen atoms in total. The summed E-state index contributed by atoms with van der Waals surface area (Å²) in [6.07, 6.45) is 4.06. The number of carboxylic acid groups (broad SMARTS) is 1. The maximum atomic E-state index is 12.5. The smallest absolute Gasteiger partial charge is 0.305 e. The van der Waals surface area contributed by atoms with E-state index in [9.17, 15) is 9.59 Å². The molecule has 1 unspecified atom stereocenters. The minimum Gasteiger partial charge on any atom is -0.481 e. The van der Waals surface area contributed by atoms with Gasteiger partial charge in [-0.25, -0.2) is 0 Å². The van der Waals surface area contributed by atoms with Gasteiger partial charge in [0.05, 0.1) is 17.7 Å². The molecule has 1 aromatic heterocycles. The number of hydrogen-bond acceptors (Lipinski definition) is 3. The molecular formula is C13H19N3O3. The number of carbonyl (C=O) groups is 2. The Labute approximate surface area is 112 Å². The van der Waals surface area contributed by atoms with E-state index in [0.29, 0.717) is 18.5 Å². The van der Waals surface area contributed by atoms with Gasteiger partial charge in [-0.1, -0.05) is 6.92 Å². The lowest BCUT2D eigenvalue weighted by molar-refractivity contribution is -0.137. The fourth-order valence-electron chi connectivity index (χ4n) is 2.65. The van der Waals surface area contributed by atoms with Crippen LogP contribution < -0.4 is 0 Å². The number of carbonyl (C=O) groups excluding carboxylic acids is 1. The SMILES string of the molecule is CCc1nn(C)cc1C(=O)N1CCCC1CC(=O)O. The van der Waals surface area contributed by atoms with Crippen LogP contribution in [0, 0.1) is 0 Å². The van der Waals surface area contributed by atoms with Crippen LogP contribution in [-0.4, -0.2) is 44.3 Å². The van der Waals surface area contributed by atoms with Gasteiger partial charge >= 0.3 is 5.97 Å². The highest BCUT2D eigenvalue weighted by atomic mass is 16.4. The third-order valence-electron chi connectivity index (χ3n) is 3.52. The number of aryl methyl sites for hydroxylation is 2. The van der Waals surface area contributed by atoms with Crippen LogP contribution in [0.2, 0.25) is 0 Å². The molecule has 1 aliphatic heterocycles. The van der Waals surface area contributed by atoms with E-state index >= 15 is 0 Å². The molecule has 0 spiro atoms. The van der Waals surface area contributed by atoms with Crippen molar-refractivity contribution < 1.29 is 14.7 Å². The fourth-order valence-corrected chi connectivity index (χ4v) is 2.65. The summed E-state index contributed by atoms with van der Waals surface area (Å²) in [4.78, 5) is 25.0. The maximum absolute atomic E-state index is 12.5. The zero-order chi connectivity index (χ0) is 14.0. The van der Waals surface area contributed by atoms with Crippen molar-refractivity contribution in [3.8, 4) is 0 Å². The molecule has 1 fully saturated rings. The minimum absolute atomic E-state index is 0.0213. The lowest BCUT2D eigenvalue weighted by Crippen LogP contribution is -2.37. The summed E-state index contributed by atoms with van der Waals surface area (Å²) in [5.41, 5.74) is 1.37. The molecule has 2 rings (SSSR count). The van der Waals surface area contributed by atoms with Crippen LogP contribution in [0.4, 0.5) is 0 Å². The van der Waals surface area contributed by atoms with Crippen molar-refractivity contribution in [1.82, 2.24) is 14.7 Å². The molecule has 6 heteroatoms. The van der Waals surface area contributed by atoms with Crippen LogP contribution in [0.25, 0.3) is 0 Å². The van der Waals surface area contributed by atoms with E-state index in [4.69, 9.17) is 5.11 Å². The molecule has 1 N–H and O–H groups in total. The molecule has 2 heterocycles. The first kappa shape index (κ1) is 13.6. The molecular weight excluding hydrogens is 246 g/mol. The molecule has 104 valence electrons. The van der Waals surface area contributed by atoms with Crippen LogP contribution in [0.1, 0.15) is 42.2 Å². The standard InChI is InChI=1S/C13H19N3O3/c1-3-11-10(8-15(2)14-11)13(19)16-6-4-5-9(16)7-12(17)18/h8-9H,3-7H2,1-2H3,(H,17,18). The molecule has 1 amide bonds. The molecule has 0 aromatic carbocycles. The first-order valence-corrected chi connectivity index (χ1v) is 6.58. The van der Waals surface area contributed by atoms with Gasteiger partial charge in [0, 0.05) is 25.8 Å². The third kappa shape index (κ3) is 2.77. The number of rotatable bonds is 4. The largest absolute Gasteiger partial charge is 0.481 e. The zero-order valence-electron chi connectivity index (χ0n) is 11.3. The summed E-state index contributed by atoms with van der Waals surface area (Å²) >= 11 is 0. The molecule has 0 aliphatic carbocycles. The van der Waals surface area contributed by atoms with Gasteiger partial charge in [0.2, 0.25) is 0 Å². The topological polar surface area (TPSA) is 75.4 Å². The van der Waals surface area contributed by atoms with E-state index in [1.54, 1.807) is 22.8 Å². The highest BCUT2D eigenvalue weighted by Gasteiger charge is 2.32. The Hall–Kier alpha value is -1.85. The normalized spacial score (nSPS) is 18.8. The van der Waals surface area contributed by atoms with Gasteiger partial charge in [0.15, 0.2) is 0 Å². The Bertz CT molecular complexity index is 495. The quantitative estimate of drug-likeness (QED) is 0.883. The molecule has 1 aromatic rings. The van der Waals surface area contributed by atoms with Crippen molar-refractivity contribution in [2.24, 2.45) is 7.05 Å². The Kier molecular flexibility index (Phi) is 3.87. The summed E-state index contributed by atoms with van der Waals surface area (Å²) in [5, 5.41) is 13.2. The summed E-state index contributed by atoms with van der Waals surface area (Å²) in [6, 6.07) is -0.185. The van der Waals surface area contributed by atoms with Crippen molar-refractivity contribution in [2.75, 3.05) is 6.54 Å². The van der Waals surface area contributed by atoms with E-state index < -0.39 is 5.97 Å². The number of aromatic nitrogens is 2. The highest BCUT2D eigenvalue weighted by Crippen LogP contribution is 2.23. The molecule has 0 radical (unpaired) electrons. The first-order chi connectivity index (χ1) is 9.02. The summed E-state index contributed by atoms with van der Waals surface area (Å²) in [6.45, 7) is 2.59. The van der Waals surface area contributed by atoms with Crippen molar-refractivity contribution >= 4 is 11.9 Å². The zero-order valence-corrected chi connectivity index (χ0v) is 11.3. The third-order valence-corrected chi connectivity index (χ3v) is 3.52. The predicted octanol–water partition coefficient (Wildman–Crippen LogP) is 1.06. The van der Waals surface area contributed by atoms with Crippen LogP contribution >= 0.6 is 0 Å². The Balaban J connectivity index is 2.20. The van der Waals surface area contributed by atoms with Gasteiger partial charge < -0.3 is 10.0 Å². The van der Waals surface area contributed by atoms with E-state index in [2.05, 4.69) is 5.10 Å². The second-order valence-corrected chi connectivity index (χ2v) is 4.91. The fraction of sp³-hybridized carbons (Fsp3) is 0.615. The van der Waals surface area contributed by atoms with Gasteiger partial charge in [0.1, 0.15) is 0 Å². The average molecular weight is 265 g/mol. The van der Waals surface area contributed by atoms with Crippen molar-refractivity contribution in [3.05, 3.63) is 17.5 Å². The number of aliphatic carboxylic acids is 1. The number of nitrogens with zero attached hydrogens (tertiary/aromatic N) is 3. The van der Waals surface area contributed by atoms with Crippen molar-refractivity contribution in [1.29, 1.82) is 0 Å². The Morgan fingerprint density at radius 3 is 2.89 bits per heavy atom. The number of hydrogen-bond donors (Lipinski definition) is 1. The van der Waals surface area contributed by atoms with Gasteiger partial charge in [-0.2, -0.15) is 5.10 Å². The van der Waals surface area contributed by atoms with Gasteiger partial charge in [-0.3, -0.25) is 14.3 Å². The monoisotopic (exact) mass is 265 g/mol. The van der Waals surface area contributed by atoms with Crippen LogP contribution in [0.15, 0.2) is 6.20 Å². The van der Waals surface area contributed by atoms with E-state index in [1.807, 2.05) is 6.92 Å². The summed E-state index contributed by atoms with van der Waals surface area (Å²) in [7, 11) is 1.79. The predicted molar refractivity (Wildman–Crippen MR) is 68.9 cm³/mol. The first-order valence-electron chi connectivity index (χ1n) is 6.58. The number of carboxylic acids is 1. The Morgan fingerprint density at radius 2 is 2.26 bits per heavy atom. The summed E-state index contributed by atoms with van der Waals surface area (Å²) in [5.74, 6) is -0.944. The van der Waals surface area contributed by atoms with E-state index in [-0.39, 0.29) is 18.4 Å². The highest BCUT2D eigenvalue weighted by molar-refractivity contribution is 5.95. The maximum Gasteiger partial charge on any atom is 0.305 e. The van der Waals surface area contributed by atoms with E-state index in [1.165, 1.54) is 0 Å². The van der Waals surface area contributed by atoms with Crippen LogP contribution in [0.5, 0.6) is 0 Å². The molecule has 1 saturated heterocycles. The van der Waals surface area contributed by atoms with Crippen LogP contribution in [0.3, 0.4) is 0 Å². The van der Waals surface area contributed by atoms with Crippen LogP contribution in [-0.2, 0) is 18.3 Å². The van der Waals surface area contributed by atoms with Gasteiger partial charge in [0.25, 0.3) is 5.91 Å². The number of amides is 1. The minimum atomic E-state index is -0.855. The van der Waals surface area contributed by atoms with Crippen molar-refractivity contribution in [2.45, 2.75) is 38.6 Å². The molecule has 19 heavy (non-hydrogen) atoms. The lowest BCUT2D eigenvalue weighted by Gasteiger charge is -2.23. The molecule has 1 aliphatic rings. The van der Waals surface area contributed by atoms with Gasteiger partial charge in [-0.15, -0.1) is 0 Å². The van der Waals surface area contributed by atoms with Crippen molar-refractivity contribution in [3.63, 3.8) is 0 Å². The Morgan fingerprint density at radius 1 is 1.53 bits per heavy atom. The molecule has 1 atom stereocenters. The lowest BCUT2D eigenvalue weighted by atomic mass is 10.1. The molecule has 0 saturated carbocycles. The van der Waals surface area contributed by atoms with E-state index in [0.717, 1.165) is 18.5 Å². The van der Waals surface area contributed by atoms with Gasteiger partial charge in [-0.05, 0) is 19.3 Å². The second kappa shape index (κ2) is 5.42. The summed E-state index contributed by atoms with van der Waals surface area (Å²) < 4.78 is 1.63. The number of likely N-dealkylation sites (tertiary alicyclic amines) is 1. The molecule has 0 bridgehead atoms. The second-order valence-electron chi connectivity index (χ2n) is 4.91. The average Bonchev–Trinajstić information content (AvgIpc) is 2.94.